The van der Waals surface area contributed by atoms with Gasteiger partial charge >= 0.3 is 0 Å². The topological polar surface area (TPSA) is 77.2 Å². The Hall–Kier alpha value is -3.00. The largest absolute Gasteiger partial charge is 0.496 e. The number of rotatable bonds is 7. The summed E-state index contributed by atoms with van der Waals surface area (Å²) in [5.41, 5.74) is 1.94. The molecular weight excluding hydrogens is 469 g/mol. The van der Waals surface area contributed by atoms with Crippen molar-refractivity contribution in [3.8, 4) is 17.2 Å². The normalized spacial score (nSPS) is 11.7. The summed E-state index contributed by atoms with van der Waals surface area (Å²) in [5, 5.41) is 11.6. The average Bonchev–Trinajstić information content (AvgIpc) is 3.26. The second kappa shape index (κ2) is 10.1. The lowest BCUT2D eigenvalue weighted by Crippen LogP contribution is -2.19. The van der Waals surface area contributed by atoms with E-state index < -0.39 is 5.25 Å². The minimum Gasteiger partial charge on any atom is -0.496 e. The lowest BCUT2D eigenvalue weighted by Gasteiger charge is -2.15. The van der Waals surface area contributed by atoms with Gasteiger partial charge in [-0.15, -0.1) is 10.2 Å². The molecule has 0 saturated heterocycles. The molecule has 6 nitrogen and oxygen atoms in total. The third-order valence-electron chi connectivity index (χ3n) is 4.43. The van der Waals surface area contributed by atoms with Crippen LogP contribution in [0.4, 0.5) is 5.69 Å². The lowest BCUT2D eigenvalue weighted by atomic mass is 10.1. The third kappa shape index (κ3) is 5.24. The van der Waals surface area contributed by atoms with Crippen molar-refractivity contribution in [2.24, 2.45) is 0 Å². The van der Waals surface area contributed by atoms with E-state index in [1.807, 2.05) is 54.6 Å². The second-order valence-electron chi connectivity index (χ2n) is 6.63. The molecule has 32 heavy (non-hydrogen) atoms. The fraction of sp³-hybridized carbons (Fsp3) is 0.0870. The fourth-order valence-electron chi connectivity index (χ4n) is 3.02. The summed E-state index contributed by atoms with van der Waals surface area (Å²) in [5.74, 6) is 0.637. The van der Waals surface area contributed by atoms with Gasteiger partial charge in [0, 0.05) is 15.7 Å². The molecule has 0 bridgehead atoms. The monoisotopic (exact) mass is 485 g/mol. The van der Waals surface area contributed by atoms with Gasteiger partial charge in [-0.05, 0) is 47.7 Å². The number of halogens is 2. The molecular formula is C23H17Cl2N3O3S. The van der Waals surface area contributed by atoms with Crippen LogP contribution in [-0.2, 0) is 4.79 Å². The zero-order valence-corrected chi connectivity index (χ0v) is 19.1. The Morgan fingerprint density at radius 1 is 1.00 bits per heavy atom. The Morgan fingerprint density at radius 2 is 1.69 bits per heavy atom. The highest BCUT2D eigenvalue weighted by atomic mass is 35.5. The second-order valence-corrected chi connectivity index (χ2v) is 8.56. The van der Waals surface area contributed by atoms with Gasteiger partial charge in [0.15, 0.2) is 0 Å². The van der Waals surface area contributed by atoms with Crippen LogP contribution < -0.4 is 10.1 Å². The summed E-state index contributed by atoms with van der Waals surface area (Å²) in [6.07, 6.45) is 0. The highest BCUT2D eigenvalue weighted by Crippen LogP contribution is 2.38. The average molecular weight is 486 g/mol. The molecule has 1 aromatic heterocycles. The van der Waals surface area contributed by atoms with Gasteiger partial charge in [-0.25, -0.2) is 0 Å². The van der Waals surface area contributed by atoms with Gasteiger partial charge in [-0.2, -0.15) is 0 Å². The van der Waals surface area contributed by atoms with Gasteiger partial charge in [0.1, 0.15) is 11.0 Å². The number of nitrogens with zero attached hydrogens (tertiary/aromatic N) is 2. The van der Waals surface area contributed by atoms with Crippen LogP contribution in [-0.4, -0.2) is 23.2 Å². The number of anilines is 1. The molecule has 1 N–H and O–H groups in total. The number of ether oxygens (including phenoxy) is 1. The summed E-state index contributed by atoms with van der Waals surface area (Å²) in [6.45, 7) is 0. The summed E-state index contributed by atoms with van der Waals surface area (Å²) in [6, 6.07) is 21.5. The molecule has 162 valence electrons. The van der Waals surface area contributed by atoms with Crippen molar-refractivity contribution in [3.63, 3.8) is 0 Å². The summed E-state index contributed by atoms with van der Waals surface area (Å²) < 4.78 is 11.2. The van der Waals surface area contributed by atoms with Crippen molar-refractivity contribution in [3.05, 3.63) is 88.4 Å². The highest BCUT2D eigenvalue weighted by Gasteiger charge is 2.26. The van der Waals surface area contributed by atoms with E-state index >= 15 is 0 Å². The fourth-order valence-corrected chi connectivity index (χ4v) is 4.42. The van der Waals surface area contributed by atoms with E-state index in [0.29, 0.717) is 32.9 Å². The van der Waals surface area contributed by atoms with Crippen LogP contribution in [0.25, 0.3) is 11.5 Å². The highest BCUT2D eigenvalue weighted by molar-refractivity contribution is 8.00. The lowest BCUT2D eigenvalue weighted by molar-refractivity contribution is -0.115. The van der Waals surface area contributed by atoms with Gasteiger partial charge in [-0.3, -0.25) is 4.79 Å². The van der Waals surface area contributed by atoms with Crippen LogP contribution in [0.2, 0.25) is 10.0 Å². The van der Waals surface area contributed by atoms with Crippen LogP contribution >= 0.6 is 35.0 Å². The number of methoxy groups -OCH3 is 1. The van der Waals surface area contributed by atoms with E-state index in [1.54, 1.807) is 25.3 Å². The predicted octanol–water partition coefficient (Wildman–Crippen LogP) is 6.52. The van der Waals surface area contributed by atoms with Crippen LogP contribution in [0.15, 0.2) is 82.4 Å². The van der Waals surface area contributed by atoms with Crippen LogP contribution in [0.1, 0.15) is 10.8 Å². The molecule has 1 amide bonds. The first-order valence-electron chi connectivity index (χ1n) is 9.49. The smallest absolute Gasteiger partial charge is 0.277 e. The molecule has 0 saturated carbocycles. The number of thioether (sulfide) groups is 1. The number of hydrogen-bond donors (Lipinski definition) is 1. The Kier molecular flexibility index (Phi) is 6.99. The standard InChI is InChI=1S/C23H17Cl2N3O3S/c1-30-19-10-6-5-9-18(19)22-27-28-23(31-22)32-20(14-7-3-2-4-8-14)21(29)26-17-12-15(24)11-16(25)13-17/h2-13,20H,1H3,(H,26,29). The van der Waals surface area contributed by atoms with E-state index in [2.05, 4.69) is 15.5 Å². The molecule has 4 aromatic rings. The van der Waals surface area contributed by atoms with Crippen LogP contribution in [0, 0.1) is 0 Å². The van der Waals surface area contributed by atoms with E-state index in [-0.39, 0.29) is 11.1 Å². The molecule has 0 fully saturated rings. The quantitative estimate of drug-likeness (QED) is 0.300. The van der Waals surface area contributed by atoms with Crippen molar-refractivity contribution in [2.75, 3.05) is 12.4 Å². The number of carbonyl (C=O) groups is 1. The maximum Gasteiger partial charge on any atom is 0.277 e. The minimum absolute atomic E-state index is 0.249. The molecule has 9 heteroatoms. The molecule has 0 radical (unpaired) electrons. The molecule has 4 rings (SSSR count). The maximum absolute atomic E-state index is 13.2. The van der Waals surface area contributed by atoms with Gasteiger partial charge in [0.25, 0.3) is 11.1 Å². The maximum atomic E-state index is 13.2. The van der Waals surface area contributed by atoms with E-state index in [4.69, 9.17) is 32.4 Å². The molecule has 0 aliphatic heterocycles. The molecule has 1 atom stereocenters. The molecule has 3 aromatic carbocycles. The number of carbonyl (C=O) groups excluding carboxylic acids is 1. The van der Waals surface area contributed by atoms with Gasteiger partial charge in [-0.1, -0.05) is 65.7 Å². The van der Waals surface area contributed by atoms with Gasteiger partial charge < -0.3 is 14.5 Å². The summed E-state index contributed by atoms with van der Waals surface area (Å²) >= 11 is 13.3. The number of amides is 1. The Labute approximate surface area is 198 Å². The number of hydrogen-bond acceptors (Lipinski definition) is 6. The molecule has 1 heterocycles. The molecule has 0 aliphatic carbocycles. The van der Waals surface area contributed by atoms with Crippen LogP contribution in [0.3, 0.4) is 0 Å². The first kappa shape index (κ1) is 22.2. The van der Waals surface area contributed by atoms with E-state index in [9.17, 15) is 4.79 Å². The van der Waals surface area contributed by atoms with E-state index in [1.165, 1.54) is 0 Å². The van der Waals surface area contributed by atoms with Crippen molar-refractivity contribution < 1.29 is 13.9 Å². The van der Waals surface area contributed by atoms with Crippen molar-refractivity contribution >= 4 is 46.6 Å². The van der Waals surface area contributed by atoms with E-state index in [0.717, 1.165) is 17.3 Å². The Morgan fingerprint density at radius 3 is 2.41 bits per heavy atom. The third-order valence-corrected chi connectivity index (χ3v) is 5.96. The SMILES string of the molecule is COc1ccccc1-c1nnc(SC(C(=O)Nc2cc(Cl)cc(Cl)c2)c2ccccc2)o1. The Balaban J connectivity index is 1.61. The number of aromatic nitrogens is 2. The first-order valence-corrected chi connectivity index (χ1v) is 11.1. The summed E-state index contributed by atoms with van der Waals surface area (Å²) in [4.78, 5) is 13.2. The zero-order chi connectivity index (χ0) is 22.5. The molecule has 1 unspecified atom stereocenters. The first-order chi connectivity index (χ1) is 15.5. The van der Waals surface area contributed by atoms with Gasteiger partial charge in [0.05, 0.1) is 12.7 Å². The number of para-hydroxylation sites is 1. The van der Waals surface area contributed by atoms with Crippen molar-refractivity contribution in [1.82, 2.24) is 10.2 Å². The van der Waals surface area contributed by atoms with Crippen molar-refractivity contribution in [1.29, 1.82) is 0 Å². The molecule has 0 aliphatic rings. The zero-order valence-electron chi connectivity index (χ0n) is 16.8. The number of benzene rings is 3. The predicted molar refractivity (Wildman–Crippen MR) is 126 cm³/mol. The van der Waals surface area contributed by atoms with Crippen molar-refractivity contribution in [2.45, 2.75) is 10.5 Å². The van der Waals surface area contributed by atoms with Gasteiger partial charge in [0.2, 0.25) is 5.91 Å². The molecule has 0 spiro atoms. The Bertz CT molecular complexity index is 1210. The van der Waals surface area contributed by atoms with Crippen LogP contribution in [0.5, 0.6) is 5.75 Å². The minimum atomic E-state index is -0.653. The summed E-state index contributed by atoms with van der Waals surface area (Å²) in [7, 11) is 1.57. The number of nitrogens with one attached hydrogen (secondary N) is 1.